The standard InChI is InChI=1S/C19H20ClN5O/c1-13(22-2)23-18-12-25(11-16(18)10-24-6-3-7-24)19(26)14-4-5-17(20)15(8-14)9-21/h4-5,8,10H,3,6-7,11-12H2,1-2H3/b16-10+,22-13-,23-18-. The van der Waals surface area contributed by atoms with Crippen molar-refractivity contribution in [1.82, 2.24) is 9.80 Å². The van der Waals surface area contributed by atoms with Crippen LogP contribution in [0.25, 0.3) is 0 Å². The first kappa shape index (κ1) is 18.2. The number of halogens is 1. The Hall–Kier alpha value is -2.65. The van der Waals surface area contributed by atoms with Gasteiger partial charge in [-0.15, -0.1) is 0 Å². The number of aliphatic imine (C=N–C) groups is 2. The van der Waals surface area contributed by atoms with Crippen LogP contribution < -0.4 is 0 Å². The van der Waals surface area contributed by atoms with Crippen LogP contribution in [0.2, 0.25) is 5.02 Å². The van der Waals surface area contributed by atoms with E-state index in [0.717, 1.165) is 24.4 Å². The van der Waals surface area contributed by atoms with E-state index in [1.807, 2.05) is 13.0 Å². The summed E-state index contributed by atoms with van der Waals surface area (Å²) < 4.78 is 0. The number of carbonyl (C=O) groups is 1. The lowest BCUT2D eigenvalue weighted by atomic mass is 10.1. The van der Waals surface area contributed by atoms with Gasteiger partial charge in [0.25, 0.3) is 5.91 Å². The molecule has 2 fully saturated rings. The fourth-order valence-electron chi connectivity index (χ4n) is 2.86. The van der Waals surface area contributed by atoms with Gasteiger partial charge in [-0.05, 0) is 31.5 Å². The van der Waals surface area contributed by atoms with Crippen LogP contribution in [0.5, 0.6) is 0 Å². The number of nitriles is 1. The molecule has 0 radical (unpaired) electrons. The van der Waals surface area contributed by atoms with Gasteiger partial charge in [0.1, 0.15) is 11.9 Å². The molecule has 2 aliphatic heterocycles. The smallest absolute Gasteiger partial charge is 0.254 e. The van der Waals surface area contributed by atoms with Crippen molar-refractivity contribution >= 4 is 29.1 Å². The van der Waals surface area contributed by atoms with Gasteiger partial charge in [0.05, 0.1) is 22.8 Å². The third-order valence-electron chi connectivity index (χ3n) is 4.54. The molecule has 0 atom stereocenters. The molecule has 0 aliphatic carbocycles. The topological polar surface area (TPSA) is 72.1 Å². The molecule has 2 heterocycles. The Balaban J connectivity index is 1.87. The molecule has 26 heavy (non-hydrogen) atoms. The van der Waals surface area contributed by atoms with Crippen molar-refractivity contribution in [3.8, 4) is 6.07 Å². The summed E-state index contributed by atoms with van der Waals surface area (Å²) in [6.07, 6.45) is 3.29. The van der Waals surface area contributed by atoms with Crippen molar-refractivity contribution in [1.29, 1.82) is 5.26 Å². The SMILES string of the molecule is C\N=C(C)/N=C1/CN(C(=O)c2ccc(Cl)c(C#N)c2)C/C1=C\N1CCC1. The maximum Gasteiger partial charge on any atom is 0.254 e. The highest BCUT2D eigenvalue weighted by Gasteiger charge is 2.29. The van der Waals surface area contributed by atoms with Gasteiger partial charge in [-0.3, -0.25) is 9.79 Å². The Morgan fingerprint density at radius 2 is 2.12 bits per heavy atom. The van der Waals surface area contributed by atoms with Gasteiger partial charge in [-0.2, -0.15) is 5.26 Å². The van der Waals surface area contributed by atoms with Crippen LogP contribution in [0, 0.1) is 11.3 Å². The van der Waals surface area contributed by atoms with Crippen molar-refractivity contribution < 1.29 is 4.79 Å². The van der Waals surface area contributed by atoms with Crippen LogP contribution in [-0.2, 0) is 0 Å². The predicted molar refractivity (Wildman–Crippen MR) is 103 cm³/mol. The first-order valence-electron chi connectivity index (χ1n) is 8.47. The molecule has 1 amide bonds. The van der Waals surface area contributed by atoms with E-state index in [9.17, 15) is 4.79 Å². The lowest BCUT2D eigenvalue weighted by Gasteiger charge is -2.30. The second-order valence-corrected chi connectivity index (χ2v) is 6.75. The fourth-order valence-corrected chi connectivity index (χ4v) is 3.02. The Kier molecular flexibility index (Phi) is 5.38. The average Bonchev–Trinajstić information content (AvgIpc) is 3.00. The number of amides is 1. The first-order valence-corrected chi connectivity index (χ1v) is 8.84. The van der Waals surface area contributed by atoms with Gasteiger partial charge in [-0.25, -0.2) is 4.99 Å². The number of benzene rings is 1. The number of amidine groups is 1. The van der Waals surface area contributed by atoms with Gasteiger partial charge in [-0.1, -0.05) is 11.6 Å². The summed E-state index contributed by atoms with van der Waals surface area (Å²) in [5.74, 6) is 0.547. The molecule has 7 heteroatoms. The van der Waals surface area contributed by atoms with Crippen LogP contribution in [0.3, 0.4) is 0 Å². The van der Waals surface area contributed by atoms with Crippen LogP contribution >= 0.6 is 11.6 Å². The van der Waals surface area contributed by atoms with E-state index >= 15 is 0 Å². The normalized spacial score (nSPS) is 20.5. The van der Waals surface area contributed by atoms with Crippen molar-refractivity contribution in [2.24, 2.45) is 9.98 Å². The van der Waals surface area contributed by atoms with Crippen LogP contribution in [-0.4, -0.2) is 60.5 Å². The summed E-state index contributed by atoms with van der Waals surface area (Å²) in [5.41, 5.74) is 2.66. The number of nitrogens with zero attached hydrogens (tertiary/aromatic N) is 5. The summed E-state index contributed by atoms with van der Waals surface area (Å²) in [5, 5.41) is 9.47. The second kappa shape index (κ2) is 7.71. The van der Waals surface area contributed by atoms with Gasteiger partial charge >= 0.3 is 0 Å². The molecular formula is C19H20ClN5O. The summed E-state index contributed by atoms with van der Waals surface area (Å²) in [4.78, 5) is 25.5. The lowest BCUT2D eigenvalue weighted by molar-refractivity contribution is 0.0804. The molecule has 2 aliphatic rings. The predicted octanol–water partition coefficient (Wildman–Crippen LogP) is 2.75. The van der Waals surface area contributed by atoms with E-state index < -0.39 is 0 Å². The van der Waals surface area contributed by atoms with Gasteiger partial charge in [0, 0.05) is 44.0 Å². The Bertz CT molecular complexity index is 861. The molecule has 0 aromatic heterocycles. The molecule has 0 N–H and O–H groups in total. The maximum atomic E-state index is 12.9. The van der Waals surface area contributed by atoms with Gasteiger partial charge in [0.15, 0.2) is 0 Å². The van der Waals surface area contributed by atoms with E-state index in [4.69, 9.17) is 16.9 Å². The molecule has 0 spiro atoms. The third kappa shape index (κ3) is 3.78. The Morgan fingerprint density at radius 3 is 2.73 bits per heavy atom. The number of likely N-dealkylation sites (tertiary alicyclic amines) is 2. The van der Waals surface area contributed by atoms with Crippen LogP contribution in [0.15, 0.2) is 40.0 Å². The van der Waals surface area contributed by atoms with Crippen molar-refractivity contribution in [3.05, 3.63) is 46.1 Å². The molecule has 0 unspecified atom stereocenters. The largest absolute Gasteiger partial charge is 0.377 e. The lowest BCUT2D eigenvalue weighted by Crippen LogP contribution is -2.33. The summed E-state index contributed by atoms with van der Waals surface area (Å²) in [7, 11) is 1.70. The van der Waals surface area contributed by atoms with E-state index in [1.165, 1.54) is 12.5 Å². The number of hydrogen-bond donors (Lipinski definition) is 0. The quantitative estimate of drug-likeness (QED) is 0.594. The minimum Gasteiger partial charge on any atom is -0.377 e. The van der Waals surface area contributed by atoms with Crippen molar-refractivity contribution in [2.45, 2.75) is 13.3 Å². The molecule has 1 aromatic rings. The highest BCUT2D eigenvalue weighted by molar-refractivity contribution is 6.31. The Morgan fingerprint density at radius 1 is 1.35 bits per heavy atom. The number of hydrogen-bond acceptors (Lipinski definition) is 4. The van der Waals surface area contributed by atoms with Crippen LogP contribution in [0.4, 0.5) is 0 Å². The number of carbonyl (C=O) groups excluding carboxylic acids is 1. The van der Waals surface area contributed by atoms with Gasteiger partial charge in [0.2, 0.25) is 0 Å². The molecule has 0 saturated carbocycles. The van der Waals surface area contributed by atoms with E-state index in [0.29, 0.717) is 35.1 Å². The third-order valence-corrected chi connectivity index (χ3v) is 4.87. The highest BCUT2D eigenvalue weighted by Crippen LogP contribution is 2.22. The number of rotatable bonds is 2. The fraction of sp³-hybridized carbons (Fsp3) is 0.368. The minimum atomic E-state index is -0.135. The van der Waals surface area contributed by atoms with Crippen molar-refractivity contribution in [2.75, 3.05) is 33.2 Å². The zero-order valence-corrected chi connectivity index (χ0v) is 15.6. The van der Waals surface area contributed by atoms with Crippen molar-refractivity contribution in [3.63, 3.8) is 0 Å². The van der Waals surface area contributed by atoms with E-state index in [2.05, 4.69) is 21.1 Å². The molecule has 134 valence electrons. The van der Waals surface area contributed by atoms with E-state index in [-0.39, 0.29) is 5.91 Å². The molecular weight excluding hydrogens is 350 g/mol. The summed E-state index contributed by atoms with van der Waals surface area (Å²) in [6, 6.07) is 6.79. The zero-order chi connectivity index (χ0) is 18.7. The molecule has 0 bridgehead atoms. The summed E-state index contributed by atoms with van der Waals surface area (Å²) in [6.45, 7) is 4.84. The Labute approximate surface area is 158 Å². The second-order valence-electron chi connectivity index (χ2n) is 6.34. The van der Waals surface area contributed by atoms with E-state index in [1.54, 1.807) is 24.1 Å². The molecule has 1 aromatic carbocycles. The molecule has 2 saturated heterocycles. The zero-order valence-electron chi connectivity index (χ0n) is 14.9. The maximum absolute atomic E-state index is 12.9. The average molecular weight is 370 g/mol. The minimum absolute atomic E-state index is 0.135. The highest BCUT2D eigenvalue weighted by atomic mass is 35.5. The van der Waals surface area contributed by atoms with Gasteiger partial charge < -0.3 is 9.80 Å². The summed E-state index contributed by atoms with van der Waals surface area (Å²) >= 11 is 5.97. The monoisotopic (exact) mass is 369 g/mol. The molecule has 3 rings (SSSR count). The molecule has 6 nitrogen and oxygen atoms in total. The van der Waals surface area contributed by atoms with Crippen LogP contribution in [0.1, 0.15) is 29.3 Å². The first-order chi connectivity index (χ1) is 12.5.